The van der Waals surface area contributed by atoms with Crippen molar-refractivity contribution in [2.75, 3.05) is 18.0 Å². The highest BCUT2D eigenvalue weighted by molar-refractivity contribution is 5.86. The SMILES string of the molecule is C[C@@H](C[CH]C(=O)NC1CCN(c2ccccn2)CC1)C(N)=O. The molecule has 1 radical (unpaired) electrons. The number of hydrogen-bond acceptors (Lipinski definition) is 4. The molecule has 1 aromatic rings. The van der Waals surface area contributed by atoms with Gasteiger partial charge in [0.1, 0.15) is 5.82 Å². The third-order valence-electron chi connectivity index (χ3n) is 3.96. The molecular formula is C16H23N4O2. The van der Waals surface area contributed by atoms with Crippen molar-refractivity contribution in [3.8, 4) is 0 Å². The first-order valence-corrected chi connectivity index (χ1v) is 7.65. The molecule has 1 fully saturated rings. The third kappa shape index (κ3) is 4.72. The van der Waals surface area contributed by atoms with E-state index in [1.54, 1.807) is 13.1 Å². The maximum absolute atomic E-state index is 11.8. The summed E-state index contributed by atoms with van der Waals surface area (Å²) in [5.41, 5.74) is 5.17. The predicted octanol–water partition coefficient (Wildman–Crippen LogP) is 0.882. The first-order chi connectivity index (χ1) is 10.6. The van der Waals surface area contributed by atoms with Gasteiger partial charge in [0.2, 0.25) is 11.8 Å². The average Bonchev–Trinajstić information content (AvgIpc) is 2.54. The summed E-state index contributed by atoms with van der Waals surface area (Å²) in [6.45, 7) is 3.47. The van der Waals surface area contributed by atoms with Gasteiger partial charge in [0.05, 0.1) is 6.42 Å². The highest BCUT2D eigenvalue weighted by Gasteiger charge is 2.21. The zero-order valence-corrected chi connectivity index (χ0v) is 12.9. The van der Waals surface area contributed by atoms with Gasteiger partial charge in [0.15, 0.2) is 0 Å². The monoisotopic (exact) mass is 303 g/mol. The van der Waals surface area contributed by atoms with Crippen molar-refractivity contribution in [2.45, 2.75) is 32.2 Å². The van der Waals surface area contributed by atoms with E-state index < -0.39 is 0 Å². The standard InChI is InChI=1S/C16H23N4O2/c1-12(16(17)22)5-6-15(21)19-13-7-10-20(11-8-13)14-4-2-3-9-18-14/h2-4,6,9,12-13H,5,7-8,10-11H2,1H3,(H2,17,22)(H,19,21)/t12-/m0/s1. The molecule has 0 aromatic carbocycles. The van der Waals surface area contributed by atoms with Crippen LogP contribution in [0.25, 0.3) is 0 Å². The Labute approximate surface area is 131 Å². The van der Waals surface area contributed by atoms with Gasteiger partial charge in [0, 0.05) is 31.2 Å². The summed E-state index contributed by atoms with van der Waals surface area (Å²) < 4.78 is 0. The molecule has 0 saturated carbocycles. The van der Waals surface area contributed by atoms with Crippen LogP contribution >= 0.6 is 0 Å². The molecule has 0 bridgehead atoms. The molecule has 1 aromatic heterocycles. The molecule has 2 heterocycles. The normalized spacial score (nSPS) is 17.0. The number of nitrogens with zero attached hydrogens (tertiary/aromatic N) is 2. The van der Waals surface area contributed by atoms with Crippen molar-refractivity contribution in [3.05, 3.63) is 30.8 Å². The van der Waals surface area contributed by atoms with Crippen LogP contribution in [0.4, 0.5) is 5.82 Å². The van der Waals surface area contributed by atoms with Crippen molar-refractivity contribution >= 4 is 17.6 Å². The maximum Gasteiger partial charge on any atom is 0.224 e. The fourth-order valence-corrected chi connectivity index (χ4v) is 2.45. The number of primary amides is 1. The van der Waals surface area contributed by atoms with Crippen LogP contribution in [0.3, 0.4) is 0 Å². The van der Waals surface area contributed by atoms with Crippen molar-refractivity contribution in [1.29, 1.82) is 0 Å². The minimum absolute atomic E-state index is 0.121. The number of nitrogens with two attached hydrogens (primary N) is 1. The van der Waals surface area contributed by atoms with Gasteiger partial charge in [-0.05, 0) is 31.4 Å². The molecule has 1 atom stereocenters. The van der Waals surface area contributed by atoms with E-state index >= 15 is 0 Å². The Kier molecular flexibility index (Phi) is 5.75. The van der Waals surface area contributed by atoms with Crippen LogP contribution in [0.2, 0.25) is 0 Å². The van der Waals surface area contributed by atoms with Gasteiger partial charge in [0.25, 0.3) is 0 Å². The molecule has 119 valence electrons. The van der Waals surface area contributed by atoms with Crippen LogP contribution in [0.5, 0.6) is 0 Å². The van der Waals surface area contributed by atoms with Gasteiger partial charge >= 0.3 is 0 Å². The number of nitrogens with one attached hydrogen (secondary N) is 1. The van der Waals surface area contributed by atoms with Crippen LogP contribution < -0.4 is 16.0 Å². The summed E-state index contributed by atoms with van der Waals surface area (Å²) in [5, 5.41) is 2.99. The molecule has 0 spiro atoms. The minimum Gasteiger partial charge on any atom is -0.369 e. The summed E-state index contributed by atoms with van der Waals surface area (Å²) in [6.07, 6.45) is 5.47. The molecule has 6 heteroatoms. The minimum atomic E-state index is -0.382. The van der Waals surface area contributed by atoms with Crippen molar-refractivity contribution in [1.82, 2.24) is 10.3 Å². The smallest absolute Gasteiger partial charge is 0.224 e. The van der Waals surface area contributed by atoms with E-state index in [9.17, 15) is 9.59 Å². The van der Waals surface area contributed by atoms with Gasteiger partial charge in [-0.15, -0.1) is 0 Å². The van der Waals surface area contributed by atoms with E-state index in [2.05, 4.69) is 15.2 Å². The summed E-state index contributed by atoms with van der Waals surface area (Å²) in [4.78, 5) is 29.3. The number of carbonyl (C=O) groups excluding carboxylic acids is 2. The lowest BCUT2D eigenvalue weighted by Crippen LogP contribution is -2.45. The molecule has 2 amide bonds. The number of amides is 2. The molecule has 22 heavy (non-hydrogen) atoms. The number of pyridine rings is 1. The molecule has 3 N–H and O–H groups in total. The largest absolute Gasteiger partial charge is 0.369 e. The van der Waals surface area contributed by atoms with Crippen LogP contribution in [0.15, 0.2) is 24.4 Å². The number of hydrogen-bond donors (Lipinski definition) is 2. The average molecular weight is 303 g/mol. The molecule has 2 rings (SSSR count). The number of anilines is 1. The number of piperidine rings is 1. The molecule has 1 saturated heterocycles. The van der Waals surface area contributed by atoms with Crippen molar-refractivity contribution < 1.29 is 9.59 Å². The molecule has 1 aliphatic heterocycles. The molecule has 6 nitrogen and oxygen atoms in total. The lowest BCUT2D eigenvalue weighted by Gasteiger charge is -2.33. The zero-order chi connectivity index (χ0) is 15.9. The second-order valence-corrected chi connectivity index (χ2v) is 5.70. The van der Waals surface area contributed by atoms with E-state index in [0.717, 1.165) is 31.7 Å². The Hall–Kier alpha value is -2.11. The van der Waals surface area contributed by atoms with Crippen LogP contribution in [0, 0.1) is 12.3 Å². The van der Waals surface area contributed by atoms with Crippen molar-refractivity contribution in [2.24, 2.45) is 11.7 Å². The van der Waals surface area contributed by atoms with E-state index in [1.807, 2.05) is 18.2 Å². The quantitative estimate of drug-likeness (QED) is 0.816. The van der Waals surface area contributed by atoms with Gasteiger partial charge in [-0.2, -0.15) is 0 Å². The van der Waals surface area contributed by atoms with Gasteiger partial charge in [-0.25, -0.2) is 4.98 Å². The molecular weight excluding hydrogens is 280 g/mol. The van der Waals surface area contributed by atoms with Crippen LogP contribution in [-0.2, 0) is 9.59 Å². The second kappa shape index (κ2) is 7.77. The molecule has 1 aliphatic rings. The second-order valence-electron chi connectivity index (χ2n) is 5.70. The first-order valence-electron chi connectivity index (χ1n) is 7.65. The topological polar surface area (TPSA) is 88.3 Å². The molecule has 0 aliphatic carbocycles. The van der Waals surface area contributed by atoms with Crippen LogP contribution in [0.1, 0.15) is 26.2 Å². The summed E-state index contributed by atoms with van der Waals surface area (Å²) >= 11 is 0. The van der Waals surface area contributed by atoms with E-state index in [0.29, 0.717) is 6.42 Å². The summed E-state index contributed by atoms with van der Waals surface area (Å²) in [6, 6.07) is 6.05. The Balaban J connectivity index is 1.71. The lowest BCUT2D eigenvalue weighted by molar-refractivity contribution is -0.121. The highest BCUT2D eigenvalue weighted by atomic mass is 16.2. The Morgan fingerprint density at radius 3 is 2.77 bits per heavy atom. The van der Waals surface area contributed by atoms with E-state index in [4.69, 9.17) is 5.73 Å². The summed E-state index contributed by atoms with van der Waals surface area (Å²) in [5.74, 6) is 0.169. The Bertz CT molecular complexity index is 498. The third-order valence-corrected chi connectivity index (χ3v) is 3.96. The van der Waals surface area contributed by atoms with Gasteiger partial charge in [-0.3, -0.25) is 9.59 Å². The zero-order valence-electron chi connectivity index (χ0n) is 12.9. The highest BCUT2D eigenvalue weighted by Crippen LogP contribution is 2.17. The van der Waals surface area contributed by atoms with Gasteiger partial charge in [-0.1, -0.05) is 13.0 Å². The van der Waals surface area contributed by atoms with E-state index in [-0.39, 0.29) is 23.8 Å². The van der Waals surface area contributed by atoms with Gasteiger partial charge < -0.3 is 16.0 Å². The number of aromatic nitrogens is 1. The fraction of sp³-hybridized carbons (Fsp3) is 0.500. The van der Waals surface area contributed by atoms with Crippen LogP contribution in [-0.4, -0.2) is 35.9 Å². The predicted molar refractivity (Wildman–Crippen MR) is 84.9 cm³/mol. The maximum atomic E-state index is 11.8. The lowest BCUT2D eigenvalue weighted by atomic mass is 10.0. The molecule has 0 unspecified atom stereocenters. The fourth-order valence-electron chi connectivity index (χ4n) is 2.45. The Morgan fingerprint density at radius 1 is 1.45 bits per heavy atom. The summed E-state index contributed by atoms with van der Waals surface area (Å²) in [7, 11) is 0. The number of carbonyl (C=O) groups is 2. The Morgan fingerprint density at radius 2 is 2.18 bits per heavy atom. The van der Waals surface area contributed by atoms with Crippen molar-refractivity contribution in [3.63, 3.8) is 0 Å². The van der Waals surface area contributed by atoms with E-state index in [1.165, 1.54) is 6.42 Å². The number of rotatable bonds is 6. The first kappa shape index (κ1) is 16.3.